The highest BCUT2D eigenvalue weighted by atomic mass is 32.1. The van der Waals surface area contributed by atoms with Gasteiger partial charge in [-0.1, -0.05) is 25.0 Å². The minimum Gasteiger partial charge on any atom is -0.444 e. The van der Waals surface area contributed by atoms with Crippen LogP contribution in [0, 0.1) is 5.82 Å². The van der Waals surface area contributed by atoms with Gasteiger partial charge in [0.25, 0.3) is 5.91 Å². The number of halogens is 1. The molecule has 30 heavy (non-hydrogen) atoms. The minimum absolute atomic E-state index is 0.189. The molecule has 0 spiro atoms. The quantitative estimate of drug-likeness (QED) is 0.706. The number of nitrogens with one attached hydrogen (secondary N) is 2. The molecular formula is C22H28FN3O3S. The van der Waals surface area contributed by atoms with Crippen molar-refractivity contribution in [1.82, 2.24) is 15.6 Å². The van der Waals surface area contributed by atoms with E-state index < -0.39 is 17.2 Å². The van der Waals surface area contributed by atoms with Gasteiger partial charge >= 0.3 is 6.09 Å². The van der Waals surface area contributed by atoms with Crippen molar-refractivity contribution in [3.8, 4) is 0 Å². The fourth-order valence-corrected chi connectivity index (χ4v) is 4.38. The van der Waals surface area contributed by atoms with E-state index in [1.807, 2.05) is 20.8 Å². The summed E-state index contributed by atoms with van der Waals surface area (Å²) in [6.07, 6.45) is 5.23. The molecule has 1 saturated carbocycles. The molecule has 0 unspecified atom stereocenters. The Morgan fingerprint density at radius 3 is 2.50 bits per heavy atom. The summed E-state index contributed by atoms with van der Waals surface area (Å²) in [6, 6.07) is 6.26. The fraction of sp³-hybridized carbons (Fsp3) is 0.500. The lowest BCUT2D eigenvalue weighted by Gasteiger charge is -2.31. The highest BCUT2D eigenvalue weighted by molar-refractivity contribution is 7.13. The summed E-state index contributed by atoms with van der Waals surface area (Å²) in [5.74, 6) is -0.467. The number of aromatic nitrogens is 1. The topological polar surface area (TPSA) is 80.3 Å². The maximum absolute atomic E-state index is 13.1. The second kappa shape index (κ2) is 9.12. The summed E-state index contributed by atoms with van der Waals surface area (Å²) in [4.78, 5) is 29.8. The van der Waals surface area contributed by atoms with Gasteiger partial charge in [0.2, 0.25) is 0 Å². The molecular weight excluding hydrogens is 405 g/mol. The first kappa shape index (κ1) is 22.2. The monoisotopic (exact) mass is 433 g/mol. The lowest BCUT2D eigenvalue weighted by molar-refractivity contribution is 0.0505. The number of alkyl carbamates (subject to hydrolysis) is 1. The van der Waals surface area contributed by atoms with E-state index in [1.165, 1.54) is 23.5 Å². The van der Waals surface area contributed by atoms with Crippen molar-refractivity contribution in [3.05, 3.63) is 51.7 Å². The summed E-state index contributed by atoms with van der Waals surface area (Å²) in [6.45, 7) is 5.77. The molecule has 0 bridgehead atoms. The molecule has 162 valence electrons. The van der Waals surface area contributed by atoms with Crippen LogP contribution in [0.2, 0.25) is 0 Å². The first-order chi connectivity index (χ1) is 14.1. The highest BCUT2D eigenvalue weighted by Crippen LogP contribution is 2.30. The Morgan fingerprint density at radius 1 is 1.20 bits per heavy atom. The van der Waals surface area contributed by atoms with Crippen LogP contribution in [-0.4, -0.2) is 34.7 Å². The molecule has 1 fully saturated rings. The van der Waals surface area contributed by atoms with Crippen molar-refractivity contribution in [3.63, 3.8) is 0 Å². The van der Waals surface area contributed by atoms with E-state index in [-0.39, 0.29) is 11.7 Å². The largest absolute Gasteiger partial charge is 0.444 e. The summed E-state index contributed by atoms with van der Waals surface area (Å²) in [7, 11) is 0. The Hall–Kier alpha value is -2.48. The molecule has 1 heterocycles. The van der Waals surface area contributed by atoms with Gasteiger partial charge in [-0.2, -0.15) is 0 Å². The first-order valence-corrected chi connectivity index (χ1v) is 10.9. The lowest BCUT2D eigenvalue weighted by Crippen LogP contribution is -2.54. The third-order valence-corrected chi connectivity index (χ3v) is 5.95. The molecule has 0 radical (unpaired) electrons. The minimum atomic E-state index is -0.570. The van der Waals surface area contributed by atoms with E-state index in [9.17, 15) is 14.0 Å². The van der Waals surface area contributed by atoms with Crippen molar-refractivity contribution in [1.29, 1.82) is 0 Å². The first-order valence-electron chi connectivity index (χ1n) is 10.1. The van der Waals surface area contributed by atoms with Crippen LogP contribution < -0.4 is 10.6 Å². The molecule has 2 amide bonds. The standard InChI is InChI=1S/C22H28FN3O3S/c1-21(2,3)29-20(28)25-14-22(10-4-5-11-22)26-19(27)17-13-24-18(30-17)12-15-6-8-16(23)9-7-15/h6-9,13H,4-5,10-12,14H2,1-3H3,(H,25,28)(H,26,27). The number of nitrogens with zero attached hydrogens (tertiary/aromatic N) is 1. The van der Waals surface area contributed by atoms with E-state index in [0.29, 0.717) is 17.8 Å². The number of thiazole rings is 1. The van der Waals surface area contributed by atoms with Crippen LogP contribution in [0.4, 0.5) is 9.18 Å². The molecule has 0 atom stereocenters. The van der Waals surface area contributed by atoms with Crippen LogP contribution in [0.25, 0.3) is 0 Å². The number of hydrogen-bond donors (Lipinski definition) is 2. The Morgan fingerprint density at radius 2 is 1.87 bits per heavy atom. The maximum Gasteiger partial charge on any atom is 0.407 e. The van der Waals surface area contributed by atoms with Gasteiger partial charge in [-0.25, -0.2) is 14.2 Å². The van der Waals surface area contributed by atoms with E-state index in [1.54, 1.807) is 18.3 Å². The van der Waals surface area contributed by atoms with Crippen LogP contribution in [0.5, 0.6) is 0 Å². The zero-order valence-electron chi connectivity index (χ0n) is 17.6. The average molecular weight is 434 g/mol. The van der Waals surface area contributed by atoms with E-state index in [0.717, 1.165) is 36.3 Å². The Bertz CT molecular complexity index is 884. The van der Waals surface area contributed by atoms with Crippen LogP contribution in [0.15, 0.2) is 30.5 Å². The van der Waals surface area contributed by atoms with Crippen LogP contribution in [0.1, 0.15) is 66.7 Å². The fourth-order valence-electron chi connectivity index (χ4n) is 3.53. The van der Waals surface area contributed by atoms with Crippen molar-refractivity contribution >= 4 is 23.3 Å². The summed E-state index contributed by atoms with van der Waals surface area (Å²) in [5, 5.41) is 6.72. The van der Waals surface area contributed by atoms with Gasteiger partial charge in [0, 0.05) is 13.0 Å². The summed E-state index contributed by atoms with van der Waals surface area (Å²) in [5.41, 5.74) is -0.110. The molecule has 2 N–H and O–H groups in total. The van der Waals surface area contributed by atoms with Gasteiger partial charge in [-0.3, -0.25) is 4.79 Å². The van der Waals surface area contributed by atoms with Crippen molar-refractivity contribution < 1.29 is 18.7 Å². The number of amides is 2. The SMILES string of the molecule is CC(C)(C)OC(=O)NCC1(NC(=O)c2cnc(Cc3ccc(F)cc3)s2)CCCC1. The summed E-state index contributed by atoms with van der Waals surface area (Å²) >= 11 is 1.33. The Labute approximate surface area is 180 Å². The number of hydrogen-bond acceptors (Lipinski definition) is 5. The Balaban J connectivity index is 1.60. The highest BCUT2D eigenvalue weighted by Gasteiger charge is 2.36. The van der Waals surface area contributed by atoms with Crippen LogP contribution in [-0.2, 0) is 11.2 Å². The molecule has 3 rings (SSSR count). The second-order valence-electron chi connectivity index (χ2n) is 8.72. The van der Waals surface area contributed by atoms with E-state index >= 15 is 0 Å². The third-order valence-electron chi connectivity index (χ3n) is 4.96. The van der Waals surface area contributed by atoms with Gasteiger partial charge in [-0.15, -0.1) is 11.3 Å². The number of ether oxygens (including phenoxy) is 1. The molecule has 1 aromatic carbocycles. The number of rotatable bonds is 6. The molecule has 8 heteroatoms. The normalized spacial score (nSPS) is 15.6. The lowest BCUT2D eigenvalue weighted by atomic mass is 9.97. The van der Waals surface area contributed by atoms with Gasteiger partial charge in [-0.05, 0) is 51.3 Å². The molecule has 6 nitrogen and oxygen atoms in total. The Kier molecular flexibility index (Phi) is 6.75. The third kappa shape index (κ3) is 6.26. The van der Waals surface area contributed by atoms with Crippen molar-refractivity contribution in [2.45, 2.75) is 64.0 Å². The van der Waals surface area contributed by atoms with Gasteiger partial charge in [0.15, 0.2) is 0 Å². The molecule has 1 aliphatic rings. The maximum atomic E-state index is 13.1. The average Bonchev–Trinajstić information content (AvgIpc) is 3.31. The molecule has 0 saturated heterocycles. The zero-order chi connectivity index (χ0) is 21.8. The van der Waals surface area contributed by atoms with Gasteiger partial charge < -0.3 is 15.4 Å². The van der Waals surface area contributed by atoms with Crippen molar-refractivity contribution in [2.75, 3.05) is 6.54 Å². The van der Waals surface area contributed by atoms with Crippen LogP contribution in [0.3, 0.4) is 0 Å². The molecule has 1 aromatic heterocycles. The van der Waals surface area contributed by atoms with E-state index in [2.05, 4.69) is 15.6 Å². The van der Waals surface area contributed by atoms with Crippen LogP contribution >= 0.6 is 11.3 Å². The van der Waals surface area contributed by atoms with Gasteiger partial charge in [0.1, 0.15) is 16.3 Å². The van der Waals surface area contributed by atoms with Crippen molar-refractivity contribution in [2.24, 2.45) is 0 Å². The predicted molar refractivity (Wildman–Crippen MR) is 114 cm³/mol. The van der Waals surface area contributed by atoms with Gasteiger partial charge in [0.05, 0.1) is 16.7 Å². The predicted octanol–water partition coefficient (Wildman–Crippen LogP) is 4.44. The molecule has 0 aliphatic heterocycles. The zero-order valence-corrected chi connectivity index (χ0v) is 18.4. The molecule has 2 aromatic rings. The summed E-state index contributed by atoms with van der Waals surface area (Å²) < 4.78 is 18.4. The number of benzene rings is 1. The number of carbonyl (C=O) groups excluding carboxylic acids is 2. The smallest absolute Gasteiger partial charge is 0.407 e. The number of carbonyl (C=O) groups is 2. The second-order valence-corrected chi connectivity index (χ2v) is 9.83. The molecule has 1 aliphatic carbocycles. The van der Waals surface area contributed by atoms with E-state index in [4.69, 9.17) is 4.74 Å².